The van der Waals surface area contributed by atoms with Crippen LogP contribution in [0.1, 0.15) is 19.4 Å². The van der Waals surface area contributed by atoms with Crippen molar-refractivity contribution >= 4 is 11.8 Å². The lowest BCUT2D eigenvalue weighted by Crippen LogP contribution is -2.30. The Balaban J connectivity index is 2.56. The van der Waals surface area contributed by atoms with Crippen LogP contribution < -0.4 is 5.32 Å². The Morgan fingerprint density at radius 2 is 1.71 bits per heavy atom. The van der Waals surface area contributed by atoms with E-state index < -0.39 is 0 Å². The maximum absolute atomic E-state index is 3.28. The maximum Gasteiger partial charge on any atom is 0.0217 e. The second-order valence-corrected chi connectivity index (χ2v) is 5.16. The van der Waals surface area contributed by atoms with E-state index in [4.69, 9.17) is 0 Å². The summed E-state index contributed by atoms with van der Waals surface area (Å²) in [5.41, 5.74) is 1.32. The molecule has 1 nitrogen and oxygen atoms in total. The standard InChI is InChI=1S/C12H19NS/c1-9-5-7-12(8-6-9)14-11(3)10(2)13-4/h5-8,10-11,13H,1-4H3. The minimum absolute atomic E-state index is 0.543. The highest BCUT2D eigenvalue weighted by atomic mass is 32.2. The van der Waals surface area contributed by atoms with E-state index >= 15 is 0 Å². The van der Waals surface area contributed by atoms with E-state index in [1.807, 2.05) is 18.8 Å². The lowest BCUT2D eigenvalue weighted by molar-refractivity contribution is 0.605. The van der Waals surface area contributed by atoms with Crippen LogP contribution in [-0.4, -0.2) is 18.3 Å². The van der Waals surface area contributed by atoms with E-state index in [0.29, 0.717) is 11.3 Å². The highest BCUT2D eigenvalue weighted by Gasteiger charge is 2.10. The number of hydrogen-bond acceptors (Lipinski definition) is 2. The van der Waals surface area contributed by atoms with Gasteiger partial charge < -0.3 is 5.32 Å². The lowest BCUT2D eigenvalue weighted by Gasteiger charge is -2.18. The molecule has 0 saturated carbocycles. The van der Waals surface area contributed by atoms with Crippen LogP contribution in [0.25, 0.3) is 0 Å². The van der Waals surface area contributed by atoms with Gasteiger partial charge in [-0.2, -0.15) is 0 Å². The first kappa shape index (κ1) is 11.6. The summed E-state index contributed by atoms with van der Waals surface area (Å²) in [7, 11) is 2.01. The van der Waals surface area contributed by atoms with Crippen molar-refractivity contribution in [3.8, 4) is 0 Å². The zero-order valence-electron chi connectivity index (χ0n) is 9.37. The summed E-state index contributed by atoms with van der Waals surface area (Å²) in [5, 5.41) is 3.88. The molecule has 0 bridgehead atoms. The smallest absolute Gasteiger partial charge is 0.0217 e. The summed E-state index contributed by atoms with van der Waals surface area (Å²) in [6, 6.07) is 9.26. The molecule has 2 atom stereocenters. The van der Waals surface area contributed by atoms with E-state index in [1.54, 1.807) is 0 Å². The highest BCUT2D eigenvalue weighted by molar-refractivity contribution is 8.00. The van der Waals surface area contributed by atoms with Crippen LogP contribution in [0.5, 0.6) is 0 Å². The third-order valence-corrected chi connectivity index (χ3v) is 3.83. The molecule has 1 rings (SSSR count). The lowest BCUT2D eigenvalue weighted by atomic mass is 10.2. The van der Waals surface area contributed by atoms with Gasteiger partial charge in [0.25, 0.3) is 0 Å². The average molecular weight is 209 g/mol. The Morgan fingerprint density at radius 1 is 1.14 bits per heavy atom. The molecule has 0 spiro atoms. The van der Waals surface area contributed by atoms with E-state index in [0.717, 1.165) is 0 Å². The van der Waals surface area contributed by atoms with E-state index in [1.165, 1.54) is 10.5 Å². The minimum atomic E-state index is 0.543. The molecule has 2 heteroatoms. The third-order valence-electron chi connectivity index (χ3n) is 2.50. The largest absolute Gasteiger partial charge is 0.316 e. The summed E-state index contributed by atoms with van der Waals surface area (Å²) >= 11 is 1.92. The normalized spacial score (nSPS) is 15.1. The molecule has 78 valence electrons. The fourth-order valence-electron chi connectivity index (χ4n) is 1.17. The van der Waals surface area contributed by atoms with Crippen molar-refractivity contribution in [2.24, 2.45) is 0 Å². The number of hydrogen-bond donors (Lipinski definition) is 1. The molecule has 2 unspecified atom stereocenters. The Kier molecular flexibility index (Phi) is 4.49. The van der Waals surface area contributed by atoms with Gasteiger partial charge in [0.05, 0.1) is 0 Å². The van der Waals surface area contributed by atoms with E-state index in [9.17, 15) is 0 Å². The first-order valence-corrected chi connectivity index (χ1v) is 5.92. The van der Waals surface area contributed by atoms with Crippen LogP contribution in [0.3, 0.4) is 0 Å². The van der Waals surface area contributed by atoms with Crippen molar-refractivity contribution in [2.45, 2.75) is 37.0 Å². The van der Waals surface area contributed by atoms with Gasteiger partial charge in [-0.15, -0.1) is 11.8 Å². The topological polar surface area (TPSA) is 12.0 Å². The fourth-order valence-corrected chi connectivity index (χ4v) is 2.23. The molecule has 0 radical (unpaired) electrons. The van der Waals surface area contributed by atoms with Gasteiger partial charge in [-0.3, -0.25) is 0 Å². The van der Waals surface area contributed by atoms with Gasteiger partial charge >= 0.3 is 0 Å². The number of rotatable bonds is 4. The van der Waals surface area contributed by atoms with Crippen LogP contribution in [0.15, 0.2) is 29.2 Å². The molecule has 0 saturated heterocycles. The van der Waals surface area contributed by atoms with Crippen molar-refractivity contribution in [3.63, 3.8) is 0 Å². The number of benzene rings is 1. The SMILES string of the molecule is CNC(C)C(C)Sc1ccc(C)cc1. The Hall–Kier alpha value is -0.470. The van der Waals surface area contributed by atoms with Gasteiger partial charge in [-0.1, -0.05) is 24.6 Å². The molecule has 1 aromatic carbocycles. The molecule has 0 aliphatic rings. The molecule has 0 amide bonds. The predicted molar refractivity (Wildman–Crippen MR) is 65.0 cm³/mol. The van der Waals surface area contributed by atoms with Crippen LogP contribution in [0.2, 0.25) is 0 Å². The van der Waals surface area contributed by atoms with Crippen LogP contribution in [0.4, 0.5) is 0 Å². The molecular weight excluding hydrogens is 190 g/mol. The van der Waals surface area contributed by atoms with Gasteiger partial charge in [-0.05, 0) is 33.0 Å². The molecule has 0 fully saturated rings. The fraction of sp³-hybridized carbons (Fsp3) is 0.500. The summed E-state index contributed by atoms with van der Waals surface area (Å²) < 4.78 is 0. The molecule has 14 heavy (non-hydrogen) atoms. The van der Waals surface area contributed by atoms with Gasteiger partial charge in [0.15, 0.2) is 0 Å². The Bertz CT molecular complexity index is 268. The molecule has 1 aromatic rings. The zero-order chi connectivity index (χ0) is 10.6. The number of thioether (sulfide) groups is 1. The van der Waals surface area contributed by atoms with Crippen molar-refractivity contribution in [1.29, 1.82) is 0 Å². The molecule has 0 aliphatic heterocycles. The minimum Gasteiger partial charge on any atom is -0.316 e. The zero-order valence-corrected chi connectivity index (χ0v) is 10.2. The van der Waals surface area contributed by atoms with Crippen molar-refractivity contribution in [2.75, 3.05) is 7.05 Å². The second kappa shape index (κ2) is 5.42. The molecule has 0 heterocycles. The summed E-state index contributed by atoms with van der Waals surface area (Å²) in [6.45, 7) is 6.59. The predicted octanol–water partition coefficient (Wildman–Crippen LogP) is 3.08. The van der Waals surface area contributed by atoms with Crippen LogP contribution in [0, 0.1) is 6.92 Å². The second-order valence-electron chi connectivity index (χ2n) is 3.71. The number of nitrogens with one attached hydrogen (secondary N) is 1. The monoisotopic (exact) mass is 209 g/mol. The van der Waals surface area contributed by atoms with E-state index in [2.05, 4.69) is 50.4 Å². The van der Waals surface area contributed by atoms with Crippen molar-refractivity contribution < 1.29 is 0 Å². The summed E-state index contributed by atoms with van der Waals surface area (Å²) in [4.78, 5) is 1.35. The van der Waals surface area contributed by atoms with Gasteiger partial charge in [0.1, 0.15) is 0 Å². The van der Waals surface area contributed by atoms with Gasteiger partial charge in [-0.25, -0.2) is 0 Å². The average Bonchev–Trinajstić information content (AvgIpc) is 2.20. The molecule has 0 aliphatic carbocycles. The molecule has 0 aromatic heterocycles. The first-order chi connectivity index (χ1) is 6.63. The van der Waals surface area contributed by atoms with Crippen molar-refractivity contribution in [1.82, 2.24) is 5.32 Å². The summed E-state index contributed by atoms with van der Waals surface area (Å²) in [5.74, 6) is 0. The quantitative estimate of drug-likeness (QED) is 0.765. The van der Waals surface area contributed by atoms with Crippen LogP contribution >= 0.6 is 11.8 Å². The molecule has 1 N–H and O–H groups in total. The van der Waals surface area contributed by atoms with Gasteiger partial charge in [0.2, 0.25) is 0 Å². The van der Waals surface area contributed by atoms with Crippen molar-refractivity contribution in [3.05, 3.63) is 29.8 Å². The Labute approximate surface area is 91.3 Å². The summed E-state index contributed by atoms with van der Waals surface area (Å²) in [6.07, 6.45) is 0. The number of aryl methyl sites for hydroxylation is 1. The van der Waals surface area contributed by atoms with Crippen LogP contribution in [-0.2, 0) is 0 Å². The Morgan fingerprint density at radius 3 is 2.21 bits per heavy atom. The third kappa shape index (κ3) is 3.35. The maximum atomic E-state index is 3.28. The first-order valence-electron chi connectivity index (χ1n) is 5.04. The molecular formula is C12H19NS. The van der Waals surface area contributed by atoms with Gasteiger partial charge in [0, 0.05) is 16.2 Å². The van der Waals surface area contributed by atoms with E-state index in [-0.39, 0.29) is 0 Å². The highest BCUT2D eigenvalue weighted by Crippen LogP contribution is 2.25.